The summed E-state index contributed by atoms with van der Waals surface area (Å²) >= 11 is 4.90. The smallest absolute Gasteiger partial charge is 0.160 e. The third-order valence-electron chi connectivity index (χ3n) is 1.20. The molecule has 0 saturated carbocycles. The van der Waals surface area contributed by atoms with Gasteiger partial charge in [0, 0.05) is 11.3 Å². The number of hydrogen-bond acceptors (Lipinski definition) is 2. The van der Waals surface area contributed by atoms with Gasteiger partial charge in [-0.25, -0.2) is 0 Å². The third-order valence-corrected chi connectivity index (χ3v) is 2.83. The van der Waals surface area contributed by atoms with E-state index in [1.54, 1.807) is 11.3 Å². The molecule has 0 aliphatic rings. The lowest BCUT2D eigenvalue weighted by atomic mass is 10.2. The molecule has 0 atom stereocenters. The van der Waals surface area contributed by atoms with Gasteiger partial charge in [0.1, 0.15) is 0 Å². The Hall–Kier alpha value is -0.410. The van der Waals surface area contributed by atoms with Crippen molar-refractivity contribution in [2.24, 2.45) is 0 Å². The average molecular weight is 231 g/mol. The normalized spacial score (nSPS) is 9.55. The van der Waals surface area contributed by atoms with Gasteiger partial charge in [-0.3, -0.25) is 4.79 Å². The summed E-state index contributed by atoms with van der Waals surface area (Å²) in [4.78, 5) is 11.9. The fourth-order valence-electron chi connectivity index (χ4n) is 0.691. The maximum absolute atomic E-state index is 10.9. The summed E-state index contributed by atoms with van der Waals surface area (Å²) in [5.41, 5.74) is 0. The van der Waals surface area contributed by atoms with E-state index in [4.69, 9.17) is 0 Å². The summed E-state index contributed by atoms with van der Waals surface area (Å²) in [7, 11) is 0. The Balaban J connectivity index is 2.64. The van der Waals surface area contributed by atoms with Crippen LogP contribution in [0, 0.1) is 0 Å². The Labute approximate surface area is 77.9 Å². The zero-order chi connectivity index (χ0) is 8.27. The van der Waals surface area contributed by atoms with Crippen molar-refractivity contribution in [2.75, 3.05) is 0 Å². The highest BCUT2D eigenvalue weighted by Crippen LogP contribution is 2.22. The molecule has 0 aliphatic heterocycles. The minimum Gasteiger partial charge on any atom is -0.294 e. The molecule has 1 aromatic heterocycles. The maximum atomic E-state index is 10.9. The first-order valence-electron chi connectivity index (χ1n) is 3.12. The van der Waals surface area contributed by atoms with E-state index in [-0.39, 0.29) is 5.78 Å². The van der Waals surface area contributed by atoms with Crippen LogP contribution in [-0.4, -0.2) is 5.78 Å². The number of hydrogen-bond donors (Lipinski definition) is 0. The van der Waals surface area contributed by atoms with Crippen molar-refractivity contribution < 1.29 is 4.79 Å². The molecule has 0 saturated heterocycles. The Morgan fingerprint density at radius 1 is 1.73 bits per heavy atom. The van der Waals surface area contributed by atoms with Gasteiger partial charge < -0.3 is 0 Å². The molecule has 0 spiro atoms. The van der Waals surface area contributed by atoms with Crippen molar-refractivity contribution in [3.05, 3.63) is 33.5 Å². The lowest BCUT2D eigenvalue weighted by Gasteiger charge is -1.88. The van der Waals surface area contributed by atoms with Crippen LogP contribution in [0.3, 0.4) is 0 Å². The van der Waals surface area contributed by atoms with Crippen molar-refractivity contribution in [1.29, 1.82) is 0 Å². The second-order valence-electron chi connectivity index (χ2n) is 2.05. The van der Waals surface area contributed by atoms with Crippen molar-refractivity contribution in [1.82, 2.24) is 0 Å². The molecule has 1 rings (SSSR count). The molecule has 11 heavy (non-hydrogen) atoms. The van der Waals surface area contributed by atoms with E-state index in [2.05, 4.69) is 22.5 Å². The molecule has 1 heterocycles. The van der Waals surface area contributed by atoms with E-state index in [1.165, 1.54) is 6.08 Å². The molecule has 1 aromatic rings. The molecular weight excluding hydrogens is 224 g/mol. The van der Waals surface area contributed by atoms with Gasteiger partial charge in [-0.1, -0.05) is 6.58 Å². The van der Waals surface area contributed by atoms with E-state index in [0.717, 1.165) is 8.66 Å². The highest BCUT2D eigenvalue weighted by atomic mass is 79.9. The van der Waals surface area contributed by atoms with Gasteiger partial charge in [-0.15, -0.1) is 11.3 Å². The summed E-state index contributed by atoms with van der Waals surface area (Å²) in [5.74, 6) is 0.0688. The Kier molecular flexibility index (Phi) is 3.02. The number of rotatable bonds is 3. The number of carbonyl (C=O) groups excluding carboxylic acids is 1. The summed E-state index contributed by atoms with van der Waals surface area (Å²) in [6, 6.07) is 3.88. The first kappa shape index (κ1) is 8.68. The van der Waals surface area contributed by atoms with Gasteiger partial charge >= 0.3 is 0 Å². The minimum absolute atomic E-state index is 0.0688. The predicted molar refractivity (Wildman–Crippen MR) is 50.9 cm³/mol. The standard InChI is InChI=1S/C8H7BrOS/c1-2-6(10)5-7-3-4-8(9)11-7/h2-4H,1,5H2. The Bertz CT molecular complexity index is 277. The van der Waals surface area contributed by atoms with Gasteiger partial charge in [0.25, 0.3) is 0 Å². The SMILES string of the molecule is C=CC(=O)Cc1ccc(Br)s1. The van der Waals surface area contributed by atoms with E-state index >= 15 is 0 Å². The van der Waals surface area contributed by atoms with Crippen LogP contribution in [0.1, 0.15) is 4.88 Å². The summed E-state index contributed by atoms with van der Waals surface area (Å²) in [6.45, 7) is 3.41. The van der Waals surface area contributed by atoms with Gasteiger partial charge in [0.05, 0.1) is 3.79 Å². The number of thiophene rings is 1. The Morgan fingerprint density at radius 3 is 2.91 bits per heavy atom. The quantitative estimate of drug-likeness (QED) is 0.731. The lowest BCUT2D eigenvalue weighted by Crippen LogP contribution is -1.94. The molecule has 1 nitrogen and oxygen atoms in total. The van der Waals surface area contributed by atoms with Gasteiger partial charge in [-0.2, -0.15) is 0 Å². The van der Waals surface area contributed by atoms with Gasteiger partial charge in [0.2, 0.25) is 0 Å². The second-order valence-corrected chi connectivity index (χ2v) is 4.60. The van der Waals surface area contributed by atoms with Crippen LogP contribution in [0.4, 0.5) is 0 Å². The highest BCUT2D eigenvalue weighted by Gasteiger charge is 2.01. The molecule has 3 heteroatoms. The van der Waals surface area contributed by atoms with E-state index < -0.39 is 0 Å². The van der Waals surface area contributed by atoms with Crippen molar-refractivity contribution in [3.63, 3.8) is 0 Å². The number of halogens is 1. The van der Waals surface area contributed by atoms with E-state index in [9.17, 15) is 4.79 Å². The second kappa shape index (κ2) is 3.83. The third kappa shape index (κ3) is 2.60. The van der Waals surface area contributed by atoms with Crippen molar-refractivity contribution in [2.45, 2.75) is 6.42 Å². The minimum atomic E-state index is 0.0688. The lowest BCUT2D eigenvalue weighted by molar-refractivity contribution is -0.113. The van der Waals surface area contributed by atoms with E-state index in [0.29, 0.717) is 6.42 Å². The number of ketones is 1. The van der Waals surface area contributed by atoms with Crippen LogP contribution < -0.4 is 0 Å². The number of carbonyl (C=O) groups is 1. The number of allylic oxidation sites excluding steroid dienone is 1. The largest absolute Gasteiger partial charge is 0.294 e. The molecule has 0 fully saturated rings. The molecule has 0 N–H and O–H groups in total. The molecule has 0 unspecified atom stereocenters. The first-order valence-corrected chi connectivity index (χ1v) is 4.73. The molecule has 0 radical (unpaired) electrons. The van der Waals surface area contributed by atoms with Crippen LogP contribution in [0.15, 0.2) is 28.6 Å². The zero-order valence-electron chi connectivity index (χ0n) is 5.84. The monoisotopic (exact) mass is 230 g/mol. The molecule has 58 valence electrons. The van der Waals surface area contributed by atoms with Gasteiger partial charge in [-0.05, 0) is 34.1 Å². The summed E-state index contributed by atoms with van der Waals surface area (Å²) < 4.78 is 1.06. The van der Waals surface area contributed by atoms with Crippen molar-refractivity contribution >= 4 is 33.0 Å². The molecule has 0 aromatic carbocycles. The molecular formula is C8H7BrOS. The fourth-order valence-corrected chi connectivity index (χ4v) is 2.18. The fraction of sp³-hybridized carbons (Fsp3) is 0.125. The van der Waals surface area contributed by atoms with Crippen molar-refractivity contribution in [3.8, 4) is 0 Å². The summed E-state index contributed by atoms with van der Waals surface area (Å²) in [6.07, 6.45) is 1.83. The molecule has 0 amide bonds. The van der Waals surface area contributed by atoms with Crippen LogP contribution in [0.25, 0.3) is 0 Å². The Morgan fingerprint density at radius 2 is 2.45 bits per heavy atom. The highest BCUT2D eigenvalue weighted by molar-refractivity contribution is 9.11. The maximum Gasteiger partial charge on any atom is 0.160 e. The van der Waals surface area contributed by atoms with Crippen LogP contribution in [0.5, 0.6) is 0 Å². The predicted octanol–water partition coefficient (Wildman–Crippen LogP) is 2.81. The van der Waals surface area contributed by atoms with Crippen LogP contribution >= 0.6 is 27.3 Å². The topological polar surface area (TPSA) is 17.1 Å². The van der Waals surface area contributed by atoms with Gasteiger partial charge in [0.15, 0.2) is 5.78 Å². The van der Waals surface area contributed by atoms with E-state index in [1.807, 2.05) is 12.1 Å². The van der Waals surface area contributed by atoms with Crippen LogP contribution in [0.2, 0.25) is 0 Å². The molecule has 0 bridgehead atoms. The summed E-state index contributed by atoms with van der Waals surface area (Å²) in [5, 5.41) is 0. The zero-order valence-corrected chi connectivity index (χ0v) is 8.24. The van der Waals surface area contributed by atoms with Crippen LogP contribution in [-0.2, 0) is 11.2 Å². The molecule has 0 aliphatic carbocycles. The average Bonchev–Trinajstić information content (AvgIpc) is 2.35. The first-order chi connectivity index (χ1) is 5.22.